The van der Waals surface area contributed by atoms with Gasteiger partial charge in [0.2, 0.25) is 0 Å². The van der Waals surface area contributed by atoms with Gasteiger partial charge in [-0.15, -0.1) is 0 Å². The van der Waals surface area contributed by atoms with Gasteiger partial charge in [0.05, 0.1) is 5.02 Å². The lowest BCUT2D eigenvalue weighted by Gasteiger charge is -2.56. The van der Waals surface area contributed by atoms with Gasteiger partial charge in [-0.3, -0.25) is 9.48 Å². The molecule has 5 rings (SSSR count). The molecule has 0 atom stereocenters. The molecule has 0 saturated heterocycles. The van der Waals surface area contributed by atoms with Crippen molar-refractivity contribution in [3.05, 3.63) is 16.9 Å². The van der Waals surface area contributed by atoms with E-state index >= 15 is 0 Å². The van der Waals surface area contributed by atoms with E-state index < -0.39 is 0 Å². The Balaban J connectivity index is 1.45. The van der Waals surface area contributed by atoms with Gasteiger partial charge in [0.1, 0.15) is 0 Å². The molecule has 4 aliphatic rings. The van der Waals surface area contributed by atoms with Crippen LogP contribution in [0.25, 0.3) is 0 Å². The van der Waals surface area contributed by atoms with Crippen LogP contribution in [0, 0.1) is 23.2 Å². The molecule has 1 amide bonds. The van der Waals surface area contributed by atoms with E-state index in [1.807, 2.05) is 0 Å². The molecule has 0 spiro atoms. The van der Waals surface area contributed by atoms with Crippen molar-refractivity contribution in [3.63, 3.8) is 0 Å². The minimum absolute atomic E-state index is 0.128. The smallest absolute Gasteiger partial charge is 0.273 e. The summed E-state index contributed by atoms with van der Waals surface area (Å²) in [6, 6.07) is 0. The summed E-state index contributed by atoms with van der Waals surface area (Å²) in [6.45, 7) is 0.794. The Morgan fingerprint density at radius 1 is 1.33 bits per heavy atom. The van der Waals surface area contributed by atoms with Gasteiger partial charge in [-0.1, -0.05) is 11.6 Å². The van der Waals surface area contributed by atoms with Crippen molar-refractivity contribution in [1.82, 2.24) is 15.1 Å². The summed E-state index contributed by atoms with van der Waals surface area (Å²) < 4.78 is 1.59. The maximum absolute atomic E-state index is 12.3. The van der Waals surface area contributed by atoms with Crippen LogP contribution in [-0.4, -0.2) is 22.2 Å². The molecular formula is C16H22ClN3O. The van der Waals surface area contributed by atoms with Gasteiger partial charge >= 0.3 is 0 Å². The van der Waals surface area contributed by atoms with Crippen molar-refractivity contribution >= 4 is 17.5 Å². The van der Waals surface area contributed by atoms with Gasteiger partial charge in [-0.2, -0.15) is 5.10 Å². The molecule has 21 heavy (non-hydrogen) atoms. The quantitative estimate of drug-likeness (QED) is 0.933. The highest BCUT2D eigenvalue weighted by Crippen LogP contribution is 2.59. The SMILES string of the molecule is Cn1cc(Cl)c(C(=O)NCC23CC4CC(CC(C4)C2)C3)n1. The summed E-state index contributed by atoms with van der Waals surface area (Å²) in [5.41, 5.74) is 0.704. The Morgan fingerprint density at radius 2 is 1.90 bits per heavy atom. The minimum Gasteiger partial charge on any atom is -0.350 e. The number of halogens is 1. The number of carbonyl (C=O) groups excluding carboxylic acids is 1. The second-order valence-electron chi connectivity index (χ2n) is 7.60. The highest BCUT2D eigenvalue weighted by atomic mass is 35.5. The number of carbonyl (C=O) groups is 1. The molecule has 1 aromatic rings. The lowest BCUT2D eigenvalue weighted by Crippen LogP contribution is -2.51. The Labute approximate surface area is 130 Å². The molecule has 4 fully saturated rings. The van der Waals surface area contributed by atoms with Crippen molar-refractivity contribution < 1.29 is 4.79 Å². The second-order valence-corrected chi connectivity index (χ2v) is 8.01. The number of nitrogens with one attached hydrogen (secondary N) is 1. The van der Waals surface area contributed by atoms with E-state index in [1.165, 1.54) is 38.5 Å². The van der Waals surface area contributed by atoms with Crippen LogP contribution in [0.15, 0.2) is 6.20 Å². The third kappa shape index (κ3) is 2.37. The monoisotopic (exact) mass is 307 g/mol. The van der Waals surface area contributed by atoms with E-state index in [9.17, 15) is 4.79 Å². The van der Waals surface area contributed by atoms with Crippen molar-refractivity contribution in [1.29, 1.82) is 0 Å². The zero-order valence-electron chi connectivity index (χ0n) is 12.4. The zero-order valence-corrected chi connectivity index (χ0v) is 13.2. The van der Waals surface area contributed by atoms with Crippen molar-refractivity contribution in [2.24, 2.45) is 30.2 Å². The maximum Gasteiger partial charge on any atom is 0.273 e. The topological polar surface area (TPSA) is 46.9 Å². The Kier molecular flexibility index (Phi) is 3.07. The molecule has 4 saturated carbocycles. The van der Waals surface area contributed by atoms with E-state index in [2.05, 4.69) is 10.4 Å². The van der Waals surface area contributed by atoms with Crippen molar-refractivity contribution in [2.75, 3.05) is 6.54 Å². The lowest BCUT2D eigenvalue weighted by atomic mass is 9.49. The minimum atomic E-state index is -0.128. The number of aryl methyl sites for hydroxylation is 1. The van der Waals surface area contributed by atoms with Gasteiger partial charge in [0, 0.05) is 19.8 Å². The fraction of sp³-hybridized carbons (Fsp3) is 0.750. The maximum atomic E-state index is 12.3. The number of hydrogen-bond donors (Lipinski definition) is 1. The van der Waals surface area contributed by atoms with Crippen LogP contribution in [0.1, 0.15) is 49.0 Å². The summed E-state index contributed by atoms with van der Waals surface area (Å²) in [5.74, 6) is 2.60. The summed E-state index contributed by atoms with van der Waals surface area (Å²) >= 11 is 6.05. The van der Waals surface area contributed by atoms with Crippen molar-refractivity contribution in [2.45, 2.75) is 38.5 Å². The van der Waals surface area contributed by atoms with Crippen LogP contribution in [0.2, 0.25) is 5.02 Å². The number of hydrogen-bond acceptors (Lipinski definition) is 2. The molecule has 4 nitrogen and oxygen atoms in total. The number of amides is 1. The molecule has 4 bridgehead atoms. The molecule has 0 radical (unpaired) electrons. The second kappa shape index (κ2) is 4.73. The van der Waals surface area contributed by atoms with Crippen LogP contribution in [0.5, 0.6) is 0 Å². The lowest BCUT2D eigenvalue weighted by molar-refractivity contribution is -0.0503. The van der Waals surface area contributed by atoms with Crippen LogP contribution < -0.4 is 5.32 Å². The first-order chi connectivity index (χ1) is 10.0. The fourth-order valence-corrected chi connectivity index (χ4v) is 5.74. The first-order valence-corrected chi connectivity index (χ1v) is 8.38. The van der Waals surface area contributed by atoms with Crippen LogP contribution in [-0.2, 0) is 7.05 Å². The van der Waals surface area contributed by atoms with Gasteiger partial charge in [-0.05, 0) is 61.7 Å². The van der Waals surface area contributed by atoms with Crippen LogP contribution in [0.3, 0.4) is 0 Å². The molecular weight excluding hydrogens is 286 g/mol. The Hall–Kier alpha value is -1.03. The highest BCUT2D eigenvalue weighted by Gasteiger charge is 2.50. The predicted octanol–water partition coefficient (Wildman–Crippen LogP) is 3.02. The van der Waals surface area contributed by atoms with E-state index in [4.69, 9.17) is 11.6 Å². The number of nitrogens with zero attached hydrogens (tertiary/aromatic N) is 2. The van der Waals surface area contributed by atoms with Gasteiger partial charge in [-0.25, -0.2) is 0 Å². The molecule has 0 aliphatic heterocycles. The molecule has 1 N–H and O–H groups in total. The third-order valence-electron chi connectivity index (χ3n) is 5.79. The molecule has 114 valence electrons. The highest BCUT2D eigenvalue weighted by molar-refractivity contribution is 6.33. The fourth-order valence-electron chi connectivity index (χ4n) is 5.47. The van der Waals surface area contributed by atoms with Crippen LogP contribution in [0.4, 0.5) is 0 Å². The zero-order chi connectivity index (χ0) is 14.6. The van der Waals surface area contributed by atoms with E-state index in [0.29, 0.717) is 16.1 Å². The third-order valence-corrected chi connectivity index (χ3v) is 6.06. The van der Waals surface area contributed by atoms with Gasteiger partial charge in [0.15, 0.2) is 5.69 Å². The van der Waals surface area contributed by atoms with Gasteiger partial charge < -0.3 is 5.32 Å². The average Bonchev–Trinajstić information content (AvgIpc) is 2.74. The molecule has 0 aromatic carbocycles. The van der Waals surface area contributed by atoms with Gasteiger partial charge in [0.25, 0.3) is 5.91 Å². The summed E-state index contributed by atoms with van der Waals surface area (Å²) in [5, 5.41) is 7.69. The van der Waals surface area contributed by atoms with Crippen molar-refractivity contribution in [3.8, 4) is 0 Å². The molecule has 0 unspecified atom stereocenters. The van der Waals surface area contributed by atoms with Crippen LogP contribution >= 0.6 is 11.6 Å². The average molecular weight is 308 g/mol. The largest absolute Gasteiger partial charge is 0.350 e. The van der Waals surface area contributed by atoms with E-state index in [1.54, 1.807) is 17.9 Å². The molecule has 1 heterocycles. The van der Waals surface area contributed by atoms with E-state index in [0.717, 1.165) is 24.3 Å². The summed E-state index contributed by atoms with van der Waals surface area (Å²) in [4.78, 5) is 12.3. The standard InChI is InChI=1S/C16H22ClN3O/c1-20-8-13(17)14(19-20)15(21)18-9-16-5-10-2-11(6-16)4-12(3-10)7-16/h8,10-12H,2-7,9H2,1H3,(H,18,21). The Morgan fingerprint density at radius 3 is 2.38 bits per heavy atom. The molecule has 5 heteroatoms. The molecule has 1 aromatic heterocycles. The predicted molar refractivity (Wildman–Crippen MR) is 81.2 cm³/mol. The molecule has 4 aliphatic carbocycles. The number of rotatable bonds is 3. The van der Waals surface area contributed by atoms with E-state index in [-0.39, 0.29) is 5.91 Å². The summed E-state index contributed by atoms with van der Waals surface area (Å²) in [7, 11) is 1.78. The summed E-state index contributed by atoms with van der Waals surface area (Å²) in [6.07, 6.45) is 9.86. The Bertz CT molecular complexity index is 545. The first-order valence-electron chi connectivity index (χ1n) is 8.00. The number of aromatic nitrogens is 2. The first kappa shape index (κ1) is 13.6. The normalized spacial score (nSPS) is 37.0.